The molecule has 0 spiro atoms. The van der Waals surface area contributed by atoms with Crippen LogP contribution in [-0.2, 0) is 23.7 Å². The standard InChI is InChI=1S/C9H14O5/c1-9(2)13-6-5(4-10)12-8(11-3)7(6)14-9/h4-8H,1-3H3/t5-,6+,7+,8+/m1/s1. The van der Waals surface area contributed by atoms with Gasteiger partial charge in [0.05, 0.1) is 0 Å². The second-order valence-electron chi connectivity index (χ2n) is 3.91. The SMILES string of the molecule is CO[C@H]1O[C@H](C=O)[C@@H]2OC(C)(C)O[C@H]12. The summed E-state index contributed by atoms with van der Waals surface area (Å²) in [5.41, 5.74) is 0. The molecule has 5 heteroatoms. The predicted molar refractivity (Wildman–Crippen MR) is 45.6 cm³/mol. The number of rotatable bonds is 2. The number of aldehydes is 1. The van der Waals surface area contributed by atoms with Crippen LogP contribution >= 0.6 is 0 Å². The maximum atomic E-state index is 10.7. The van der Waals surface area contributed by atoms with E-state index in [1.54, 1.807) is 13.8 Å². The highest BCUT2D eigenvalue weighted by atomic mass is 16.8. The molecule has 2 fully saturated rings. The minimum absolute atomic E-state index is 0.315. The quantitative estimate of drug-likeness (QED) is 0.593. The summed E-state index contributed by atoms with van der Waals surface area (Å²) >= 11 is 0. The lowest BCUT2D eigenvalue weighted by Crippen LogP contribution is -2.30. The molecular weight excluding hydrogens is 188 g/mol. The van der Waals surface area contributed by atoms with Gasteiger partial charge in [-0.15, -0.1) is 0 Å². The molecule has 0 radical (unpaired) electrons. The summed E-state index contributed by atoms with van der Waals surface area (Å²) in [6.07, 6.45) is -1.05. The van der Waals surface area contributed by atoms with E-state index in [-0.39, 0.29) is 12.2 Å². The summed E-state index contributed by atoms with van der Waals surface area (Å²) in [6.45, 7) is 3.61. The normalized spacial score (nSPS) is 45.1. The van der Waals surface area contributed by atoms with E-state index in [9.17, 15) is 4.79 Å². The molecule has 0 amide bonds. The van der Waals surface area contributed by atoms with E-state index in [1.807, 2.05) is 0 Å². The molecule has 2 heterocycles. The first-order valence-electron chi connectivity index (χ1n) is 4.56. The summed E-state index contributed by atoms with van der Waals surface area (Å²) in [7, 11) is 1.52. The largest absolute Gasteiger partial charge is 0.353 e. The van der Waals surface area contributed by atoms with E-state index in [0.29, 0.717) is 0 Å². The molecule has 0 N–H and O–H groups in total. The van der Waals surface area contributed by atoms with Crippen LogP contribution in [0, 0.1) is 0 Å². The van der Waals surface area contributed by atoms with Crippen LogP contribution in [-0.4, -0.2) is 43.8 Å². The zero-order valence-corrected chi connectivity index (χ0v) is 8.43. The lowest BCUT2D eigenvalue weighted by molar-refractivity contribution is -0.223. The van der Waals surface area contributed by atoms with E-state index in [4.69, 9.17) is 18.9 Å². The number of ether oxygens (including phenoxy) is 4. The lowest BCUT2D eigenvalue weighted by atomic mass is 10.1. The van der Waals surface area contributed by atoms with Crippen molar-refractivity contribution in [3.8, 4) is 0 Å². The first-order chi connectivity index (χ1) is 6.57. The topological polar surface area (TPSA) is 54.0 Å². The van der Waals surface area contributed by atoms with Gasteiger partial charge in [-0.2, -0.15) is 0 Å². The van der Waals surface area contributed by atoms with Crippen LogP contribution in [0.2, 0.25) is 0 Å². The third kappa shape index (κ3) is 1.46. The van der Waals surface area contributed by atoms with Gasteiger partial charge < -0.3 is 23.7 Å². The molecule has 80 valence electrons. The van der Waals surface area contributed by atoms with E-state index < -0.39 is 18.2 Å². The molecule has 0 aromatic rings. The van der Waals surface area contributed by atoms with Crippen molar-refractivity contribution in [1.29, 1.82) is 0 Å². The molecule has 2 rings (SSSR count). The van der Waals surface area contributed by atoms with Crippen molar-refractivity contribution >= 4 is 6.29 Å². The average Bonchev–Trinajstić information content (AvgIpc) is 2.57. The number of methoxy groups -OCH3 is 1. The van der Waals surface area contributed by atoms with E-state index in [0.717, 1.165) is 6.29 Å². The fourth-order valence-corrected chi connectivity index (χ4v) is 1.89. The van der Waals surface area contributed by atoms with Gasteiger partial charge in [-0.1, -0.05) is 0 Å². The van der Waals surface area contributed by atoms with Crippen molar-refractivity contribution in [2.75, 3.05) is 7.11 Å². The van der Waals surface area contributed by atoms with E-state index in [1.165, 1.54) is 7.11 Å². The van der Waals surface area contributed by atoms with Crippen LogP contribution < -0.4 is 0 Å². The Morgan fingerprint density at radius 1 is 1.29 bits per heavy atom. The Balaban J connectivity index is 2.16. The van der Waals surface area contributed by atoms with Crippen LogP contribution in [0.1, 0.15) is 13.8 Å². The Kier molecular flexibility index (Phi) is 2.35. The van der Waals surface area contributed by atoms with Crippen LogP contribution in [0.25, 0.3) is 0 Å². The minimum atomic E-state index is -0.669. The Labute approximate surface area is 82.3 Å². The highest BCUT2D eigenvalue weighted by molar-refractivity contribution is 5.58. The van der Waals surface area contributed by atoms with Crippen LogP contribution in [0.3, 0.4) is 0 Å². The number of carbonyl (C=O) groups is 1. The van der Waals surface area contributed by atoms with E-state index in [2.05, 4.69) is 0 Å². The molecule has 2 aliphatic heterocycles. The Morgan fingerprint density at radius 3 is 2.50 bits per heavy atom. The fraction of sp³-hybridized carbons (Fsp3) is 0.889. The summed E-state index contributed by atoms with van der Waals surface area (Å²) in [6, 6.07) is 0. The Bertz CT molecular complexity index is 239. The molecule has 0 aromatic carbocycles. The molecule has 0 saturated carbocycles. The van der Waals surface area contributed by atoms with Gasteiger partial charge in [0.1, 0.15) is 18.3 Å². The highest BCUT2D eigenvalue weighted by Gasteiger charge is 2.55. The van der Waals surface area contributed by atoms with Gasteiger partial charge in [-0.05, 0) is 13.8 Å². The number of hydrogen-bond acceptors (Lipinski definition) is 5. The van der Waals surface area contributed by atoms with Crippen LogP contribution in [0.15, 0.2) is 0 Å². The van der Waals surface area contributed by atoms with Gasteiger partial charge in [0.25, 0.3) is 0 Å². The fourth-order valence-electron chi connectivity index (χ4n) is 1.89. The molecule has 0 aromatic heterocycles. The number of fused-ring (bicyclic) bond motifs is 1. The highest BCUT2D eigenvalue weighted by Crippen LogP contribution is 2.38. The molecule has 14 heavy (non-hydrogen) atoms. The zero-order valence-electron chi connectivity index (χ0n) is 8.43. The minimum Gasteiger partial charge on any atom is -0.353 e. The second-order valence-corrected chi connectivity index (χ2v) is 3.91. The monoisotopic (exact) mass is 202 g/mol. The maximum Gasteiger partial charge on any atom is 0.187 e. The van der Waals surface area contributed by atoms with Gasteiger partial charge >= 0.3 is 0 Å². The smallest absolute Gasteiger partial charge is 0.187 e. The molecule has 0 bridgehead atoms. The third-order valence-corrected chi connectivity index (χ3v) is 2.41. The average molecular weight is 202 g/mol. The molecular formula is C9H14O5. The zero-order chi connectivity index (χ0) is 10.3. The summed E-state index contributed by atoms with van der Waals surface area (Å²) in [4.78, 5) is 10.7. The van der Waals surface area contributed by atoms with Crippen molar-refractivity contribution < 1.29 is 23.7 Å². The van der Waals surface area contributed by atoms with Gasteiger partial charge in [-0.25, -0.2) is 0 Å². The van der Waals surface area contributed by atoms with E-state index >= 15 is 0 Å². The van der Waals surface area contributed by atoms with Crippen molar-refractivity contribution in [3.63, 3.8) is 0 Å². The van der Waals surface area contributed by atoms with Crippen LogP contribution in [0.4, 0.5) is 0 Å². The second kappa shape index (κ2) is 3.27. The number of carbonyl (C=O) groups excluding carboxylic acids is 1. The summed E-state index contributed by atoms with van der Waals surface area (Å²) < 4.78 is 21.5. The van der Waals surface area contributed by atoms with Crippen molar-refractivity contribution in [2.45, 2.75) is 44.2 Å². The third-order valence-electron chi connectivity index (χ3n) is 2.41. The van der Waals surface area contributed by atoms with Crippen molar-refractivity contribution in [1.82, 2.24) is 0 Å². The lowest BCUT2D eigenvalue weighted by Gasteiger charge is -2.21. The molecule has 0 unspecified atom stereocenters. The van der Waals surface area contributed by atoms with Crippen molar-refractivity contribution in [3.05, 3.63) is 0 Å². The van der Waals surface area contributed by atoms with Gasteiger partial charge in [0.15, 0.2) is 18.4 Å². The maximum absolute atomic E-state index is 10.7. The first-order valence-corrected chi connectivity index (χ1v) is 4.56. The van der Waals surface area contributed by atoms with Gasteiger partial charge in [-0.3, -0.25) is 0 Å². The first kappa shape index (κ1) is 10.0. The van der Waals surface area contributed by atoms with Gasteiger partial charge in [0, 0.05) is 7.11 Å². The summed E-state index contributed by atoms with van der Waals surface area (Å²) in [5.74, 6) is -0.669. The summed E-state index contributed by atoms with van der Waals surface area (Å²) in [5, 5.41) is 0. The molecule has 2 saturated heterocycles. The van der Waals surface area contributed by atoms with Gasteiger partial charge in [0.2, 0.25) is 0 Å². The molecule has 2 aliphatic rings. The van der Waals surface area contributed by atoms with Crippen LogP contribution in [0.5, 0.6) is 0 Å². The molecule has 5 nitrogen and oxygen atoms in total. The van der Waals surface area contributed by atoms with Crippen molar-refractivity contribution in [2.24, 2.45) is 0 Å². The molecule has 4 atom stereocenters. The molecule has 0 aliphatic carbocycles. The Hall–Kier alpha value is -0.490. The number of hydrogen-bond donors (Lipinski definition) is 0. The predicted octanol–water partition coefficient (Wildman–Crippen LogP) is 0.0767. The Morgan fingerprint density at radius 2 is 1.93 bits per heavy atom.